The lowest BCUT2D eigenvalue weighted by atomic mass is 9.85. The Hall–Kier alpha value is -3.00. The van der Waals surface area contributed by atoms with Crippen LogP contribution in [-0.2, 0) is 29.2 Å². The van der Waals surface area contributed by atoms with Gasteiger partial charge in [0, 0.05) is 32.7 Å². The molecule has 0 spiro atoms. The average molecular weight is 683 g/mol. The number of rotatable bonds is 14. The largest absolute Gasteiger partial charge is 0.346 e. The first-order chi connectivity index (χ1) is 21.3. The second kappa shape index (κ2) is 14.6. The van der Waals surface area contributed by atoms with Crippen molar-refractivity contribution in [2.45, 2.75) is 112 Å². The van der Waals surface area contributed by atoms with Crippen molar-refractivity contribution < 1.29 is 32.4 Å². The van der Waals surface area contributed by atoms with Crippen molar-refractivity contribution >= 4 is 39.6 Å². The quantitative estimate of drug-likeness (QED) is 0.160. The summed E-state index contributed by atoms with van der Waals surface area (Å²) in [4.78, 5) is 68.2. The summed E-state index contributed by atoms with van der Waals surface area (Å²) in [6.07, 6.45) is 1.63. The van der Waals surface area contributed by atoms with Crippen LogP contribution >= 0.6 is 0 Å². The number of nitrogens with one attached hydrogen (secondary N) is 4. The monoisotopic (exact) mass is 682 g/mol. The van der Waals surface area contributed by atoms with E-state index in [0.29, 0.717) is 6.54 Å². The van der Waals surface area contributed by atoms with Gasteiger partial charge < -0.3 is 26.2 Å². The molecule has 268 valence electrons. The SMILES string of the molecule is C=CCNC(=O)C(=O)C(CC)NC(=O)[C@@H]1[C@@H]2[C@H](CN1C(=O)[C@@H](NC(=O)N[C@H](CN(C)S(=O)(=O)C(C)C)C(C)(C)C)C(C)(C)C)C2(C)C. The second-order valence-corrected chi connectivity index (χ2v) is 18.5. The molecule has 2 aliphatic rings. The summed E-state index contributed by atoms with van der Waals surface area (Å²) >= 11 is 0. The molecular formula is C33H58N6O7S. The number of sulfonamides is 1. The van der Waals surface area contributed by atoms with Crippen LogP contribution in [0.3, 0.4) is 0 Å². The van der Waals surface area contributed by atoms with E-state index in [4.69, 9.17) is 0 Å². The molecule has 1 aliphatic carbocycles. The fourth-order valence-electron chi connectivity index (χ4n) is 6.24. The van der Waals surface area contributed by atoms with Crippen LogP contribution in [0.1, 0.15) is 82.6 Å². The molecule has 1 unspecified atom stereocenters. The van der Waals surface area contributed by atoms with E-state index in [1.165, 1.54) is 22.3 Å². The predicted octanol–water partition coefficient (Wildman–Crippen LogP) is 2.03. The number of carbonyl (C=O) groups is 5. The van der Waals surface area contributed by atoms with E-state index in [0.717, 1.165) is 0 Å². The standard InChI is InChI=1S/C33H58N6O7S/c1-14-16-34-28(42)25(40)21(15-2)35-27(41)24-23-20(33(23,11)12)17-39(24)29(43)26(32(8,9)10)37-30(44)36-22(31(5,6)7)18-38(13)47(45,46)19(3)4/h14,19-24,26H,1,15-18H2,2-13H3,(H,34,42)(H,35,41)(H2,36,37,44)/t20-,21?,22+,23-,24-,26+/m0/s1. The maximum absolute atomic E-state index is 14.3. The highest BCUT2D eigenvalue weighted by atomic mass is 32.2. The minimum atomic E-state index is -3.57. The Labute approximate surface area is 281 Å². The van der Waals surface area contributed by atoms with Crippen molar-refractivity contribution in [3.05, 3.63) is 12.7 Å². The molecule has 4 N–H and O–H groups in total. The third-order valence-electron chi connectivity index (χ3n) is 9.64. The van der Waals surface area contributed by atoms with Crippen molar-refractivity contribution in [1.82, 2.24) is 30.5 Å². The number of ketones is 1. The molecule has 0 aromatic rings. The highest BCUT2D eigenvalue weighted by Crippen LogP contribution is 2.65. The van der Waals surface area contributed by atoms with Gasteiger partial charge in [-0.05, 0) is 48.3 Å². The van der Waals surface area contributed by atoms with E-state index >= 15 is 0 Å². The molecule has 2 rings (SSSR count). The Morgan fingerprint density at radius 3 is 2.04 bits per heavy atom. The molecule has 47 heavy (non-hydrogen) atoms. The summed E-state index contributed by atoms with van der Waals surface area (Å²) in [5, 5.41) is 10.3. The lowest BCUT2D eigenvalue weighted by molar-refractivity contribution is -0.145. The molecule has 1 heterocycles. The highest BCUT2D eigenvalue weighted by molar-refractivity contribution is 7.89. The zero-order valence-corrected chi connectivity index (χ0v) is 31.1. The normalized spacial score (nSPS) is 22.5. The summed E-state index contributed by atoms with van der Waals surface area (Å²) in [7, 11) is -2.10. The molecule has 5 amide bonds. The number of hydrogen-bond acceptors (Lipinski definition) is 7. The van der Waals surface area contributed by atoms with E-state index in [1.807, 2.05) is 55.4 Å². The first-order valence-corrected chi connectivity index (χ1v) is 17.9. The Balaban J connectivity index is 2.32. The van der Waals surface area contributed by atoms with E-state index in [1.54, 1.807) is 20.8 Å². The van der Waals surface area contributed by atoms with E-state index in [-0.39, 0.29) is 36.8 Å². The third kappa shape index (κ3) is 9.13. The smallest absolute Gasteiger partial charge is 0.315 e. The fraction of sp³-hybridized carbons (Fsp3) is 0.788. The zero-order valence-electron chi connectivity index (χ0n) is 30.3. The molecule has 0 radical (unpaired) electrons. The van der Waals surface area contributed by atoms with Gasteiger partial charge in [-0.3, -0.25) is 19.2 Å². The molecule has 1 saturated carbocycles. The van der Waals surface area contributed by atoms with Crippen LogP contribution < -0.4 is 21.3 Å². The average Bonchev–Trinajstić information content (AvgIpc) is 3.27. The van der Waals surface area contributed by atoms with Crippen LogP contribution in [0.2, 0.25) is 0 Å². The molecule has 1 saturated heterocycles. The number of amides is 5. The summed E-state index contributed by atoms with van der Waals surface area (Å²) in [6.45, 7) is 24.0. The van der Waals surface area contributed by atoms with Gasteiger partial charge in [-0.2, -0.15) is 0 Å². The Morgan fingerprint density at radius 1 is 1.00 bits per heavy atom. The van der Waals surface area contributed by atoms with Crippen molar-refractivity contribution in [1.29, 1.82) is 0 Å². The molecule has 2 fully saturated rings. The first kappa shape index (κ1) is 40.2. The number of hydrogen-bond donors (Lipinski definition) is 4. The van der Waals surface area contributed by atoms with Gasteiger partial charge in [0.15, 0.2) is 0 Å². The third-order valence-corrected chi connectivity index (χ3v) is 11.9. The maximum Gasteiger partial charge on any atom is 0.315 e. The molecular weight excluding hydrogens is 624 g/mol. The van der Waals surface area contributed by atoms with E-state index in [2.05, 4.69) is 27.8 Å². The van der Waals surface area contributed by atoms with E-state index < -0.39 is 79.8 Å². The van der Waals surface area contributed by atoms with Crippen LogP contribution in [0.15, 0.2) is 12.7 Å². The molecule has 1 aliphatic heterocycles. The highest BCUT2D eigenvalue weighted by Gasteiger charge is 2.70. The first-order valence-electron chi connectivity index (χ1n) is 16.4. The molecule has 13 nitrogen and oxygen atoms in total. The van der Waals surface area contributed by atoms with Crippen molar-refractivity contribution in [2.24, 2.45) is 28.1 Å². The topological polar surface area (TPSA) is 174 Å². The van der Waals surface area contributed by atoms with Crippen molar-refractivity contribution in [3.8, 4) is 0 Å². The van der Waals surface area contributed by atoms with Gasteiger partial charge in [-0.25, -0.2) is 17.5 Å². The number of carbonyl (C=O) groups excluding carboxylic acids is 5. The number of piperidine rings is 1. The van der Waals surface area contributed by atoms with Gasteiger partial charge in [0.2, 0.25) is 27.6 Å². The van der Waals surface area contributed by atoms with Crippen LogP contribution in [-0.4, -0.2) is 103 Å². The van der Waals surface area contributed by atoms with Gasteiger partial charge >= 0.3 is 6.03 Å². The summed E-state index contributed by atoms with van der Waals surface area (Å²) in [5.74, 6) is -2.68. The van der Waals surface area contributed by atoms with Crippen LogP contribution in [0.4, 0.5) is 4.79 Å². The summed E-state index contributed by atoms with van der Waals surface area (Å²) in [5.41, 5.74) is -1.51. The van der Waals surface area contributed by atoms with Gasteiger partial charge in [0.25, 0.3) is 5.91 Å². The minimum absolute atomic E-state index is 0.0291. The van der Waals surface area contributed by atoms with Crippen LogP contribution in [0, 0.1) is 28.1 Å². The van der Waals surface area contributed by atoms with Gasteiger partial charge in [0.1, 0.15) is 12.1 Å². The summed E-state index contributed by atoms with van der Waals surface area (Å²) in [6, 6.07) is -4.24. The number of likely N-dealkylation sites (tertiary alicyclic amines) is 1. The fourth-order valence-corrected chi connectivity index (χ4v) is 7.31. The number of nitrogens with zero attached hydrogens (tertiary/aromatic N) is 2. The molecule has 6 atom stereocenters. The summed E-state index contributed by atoms with van der Waals surface area (Å²) < 4.78 is 26.7. The van der Waals surface area contributed by atoms with Gasteiger partial charge in [-0.15, -0.1) is 6.58 Å². The second-order valence-electron chi connectivity index (χ2n) is 15.9. The lowest BCUT2D eigenvalue weighted by Gasteiger charge is -2.39. The lowest BCUT2D eigenvalue weighted by Crippen LogP contribution is -2.62. The van der Waals surface area contributed by atoms with Crippen LogP contribution in [0.5, 0.6) is 0 Å². The number of Topliss-reactive ketones (excluding diaryl/α,β-unsaturated/α-hetero) is 1. The Kier molecular flexibility index (Phi) is 12.5. The Bertz CT molecular complexity index is 1330. The molecule has 0 aromatic carbocycles. The predicted molar refractivity (Wildman–Crippen MR) is 182 cm³/mol. The zero-order chi connectivity index (χ0) is 36.4. The van der Waals surface area contributed by atoms with Crippen molar-refractivity contribution in [2.75, 3.05) is 26.7 Å². The van der Waals surface area contributed by atoms with E-state index in [9.17, 15) is 32.4 Å². The number of likely N-dealkylation sites (N-methyl/N-ethyl adjacent to an activating group) is 1. The number of fused-ring (bicyclic) bond motifs is 1. The number of urea groups is 1. The van der Waals surface area contributed by atoms with Crippen molar-refractivity contribution in [3.63, 3.8) is 0 Å². The molecule has 0 aromatic heterocycles. The Morgan fingerprint density at radius 2 is 1.57 bits per heavy atom. The van der Waals surface area contributed by atoms with Gasteiger partial charge in [0.05, 0.1) is 11.3 Å². The maximum atomic E-state index is 14.3. The minimum Gasteiger partial charge on any atom is -0.346 e. The van der Waals surface area contributed by atoms with Gasteiger partial charge in [-0.1, -0.05) is 68.4 Å². The van der Waals surface area contributed by atoms with Crippen LogP contribution in [0.25, 0.3) is 0 Å². The molecule has 14 heteroatoms. The molecule has 0 bridgehead atoms.